The molecule has 0 spiro atoms. The minimum atomic E-state index is 0.617. The zero-order valence-electron chi connectivity index (χ0n) is 26.8. The predicted molar refractivity (Wildman–Crippen MR) is 201 cm³/mol. The smallest absolute Gasteiger partial charge is 0.164 e. The molecule has 9 rings (SSSR count). The second kappa shape index (κ2) is 12.3. The SMILES string of the molecule is C1=CC(c2nc(-c3ccc(-c4ccccc4)cc3)nc(-c3cccc4oc5c(-c6ccccc6)cc(-c6ccccc6)cc5c34)n2)=CCC1. The van der Waals surface area contributed by atoms with Gasteiger partial charge < -0.3 is 4.42 Å². The van der Waals surface area contributed by atoms with Gasteiger partial charge in [0.05, 0.1) is 0 Å². The highest BCUT2D eigenvalue weighted by Gasteiger charge is 2.21. The number of hydrogen-bond acceptors (Lipinski definition) is 4. The number of rotatable bonds is 6. The van der Waals surface area contributed by atoms with Gasteiger partial charge in [0.25, 0.3) is 0 Å². The molecular formula is C45H31N3O. The van der Waals surface area contributed by atoms with Crippen LogP contribution < -0.4 is 0 Å². The van der Waals surface area contributed by atoms with Gasteiger partial charge in [0.15, 0.2) is 17.5 Å². The number of allylic oxidation sites excluding steroid dienone is 4. The van der Waals surface area contributed by atoms with E-state index in [0.29, 0.717) is 17.5 Å². The van der Waals surface area contributed by atoms with Crippen molar-refractivity contribution in [2.24, 2.45) is 0 Å². The minimum Gasteiger partial charge on any atom is -0.455 e. The van der Waals surface area contributed by atoms with E-state index in [1.165, 1.54) is 5.56 Å². The van der Waals surface area contributed by atoms with Gasteiger partial charge in [-0.1, -0.05) is 146 Å². The molecule has 0 atom stereocenters. The molecule has 0 radical (unpaired) electrons. The molecule has 6 aromatic carbocycles. The monoisotopic (exact) mass is 629 g/mol. The van der Waals surface area contributed by atoms with Crippen LogP contribution in [0.15, 0.2) is 168 Å². The van der Waals surface area contributed by atoms with Gasteiger partial charge in [-0.3, -0.25) is 0 Å². The van der Waals surface area contributed by atoms with E-state index in [4.69, 9.17) is 19.4 Å². The van der Waals surface area contributed by atoms with Gasteiger partial charge in [0, 0.05) is 33.0 Å². The van der Waals surface area contributed by atoms with Crippen LogP contribution in [-0.2, 0) is 0 Å². The molecule has 0 unspecified atom stereocenters. The quantitative estimate of drug-likeness (QED) is 0.184. The number of benzene rings is 6. The fraction of sp³-hybridized carbons (Fsp3) is 0.0444. The summed E-state index contributed by atoms with van der Waals surface area (Å²) in [6.45, 7) is 0. The Hall–Kier alpha value is -6.39. The van der Waals surface area contributed by atoms with E-state index in [0.717, 1.165) is 79.3 Å². The molecule has 0 N–H and O–H groups in total. The van der Waals surface area contributed by atoms with Crippen molar-refractivity contribution < 1.29 is 4.42 Å². The zero-order chi connectivity index (χ0) is 32.6. The number of hydrogen-bond donors (Lipinski definition) is 0. The molecule has 1 aliphatic rings. The Bertz CT molecular complexity index is 2510. The van der Waals surface area contributed by atoms with Gasteiger partial charge in [-0.15, -0.1) is 0 Å². The van der Waals surface area contributed by atoms with E-state index in [-0.39, 0.29) is 0 Å². The maximum Gasteiger partial charge on any atom is 0.164 e. The molecule has 2 heterocycles. The molecule has 4 nitrogen and oxygen atoms in total. The van der Waals surface area contributed by atoms with E-state index in [1.54, 1.807) is 0 Å². The third-order valence-corrected chi connectivity index (χ3v) is 9.17. The lowest BCUT2D eigenvalue weighted by molar-refractivity contribution is 0.670. The lowest BCUT2D eigenvalue weighted by atomic mass is 9.95. The Labute approximate surface area is 284 Å². The van der Waals surface area contributed by atoms with Crippen LogP contribution in [0.25, 0.3) is 83.7 Å². The van der Waals surface area contributed by atoms with E-state index in [2.05, 4.69) is 133 Å². The normalized spacial score (nSPS) is 12.8. The van der Waals surface area contributed by atoms with Crippen molar-refractivity contribution in [3.8, 4) is 56.2 Å². The highest BCUT2D eigenvalue weighted by atomic mass is 16.3. The first-order chi connectivity index (χ1) is 24.3. The van der Waals surface area contributed by atoms with Gasteiger partial charge in [-0.05, 0) is 58.9 Å². The van der Waals surface area contributed by atoms with Crippen molar-refractivity contribution in [3.63, 3.8) is 0 Å². The number of aromatic nitrogens is 3. The Morgan fingerprint density at radius 2 is 1.06 bits per heavy atom. The Balaban J connectivity index is 1.27. The summed E-state index contributed by atoms with van der Waals surface area (Å²) in [5.74, 6) is 1.92. The molecular weight excluding hydrogens is 599 g/mol. The van der Waals surface area contributed by atoms with E-state index >= 15 is 0 Å². The molecule has 0 fully saturated rings. The summed E-state index contributed by atoms with van der Waals surface area (Å²) in [5.41, 5.74) is 11.2. The number of nitrogens with zero attached hydrogens (tertiary/aromatic N) is 3. The first kappa shape index (κ1) is 28.8. The zero-order valence-corrected chi connectivity index (χ0v) is 26.8. The highest BCUT2D eigenvalue weighted by Crippen LogP contribution is 2.42. The van der Waals surface area contributed by atoms with Crippen LogP contribution in [0.4, 0.5) is 0 Å². The second-order valence-corrected chi connectivity index (χ2v) is 12.3. The summed E-state index contributed by atoms with van der Waals surface area (Å²) in [6, 6.07) is 50.5. The maximum absolute atomic E-state index is 6.71. The van der Waals surface area contributed by atoms with Crippen molar-refractivity contribution in [1.29, 1.82) is 0 Å². The molecule has 0 aliphatic heterocycles. The molecule has 0 saturated heterocycles. The van der Waals surface area contributed by atoms with E-state index in [9.17, 15) is 0 Å². The summed E-state index contributed by atoms with van der Waals surface area (Å²) in [7, 11) is 0. The first-order valence-corrected chi connectivity index (χ1v) is 16.7. The number of fused-ring (bicyclic) bond motifs is 3. The van der Waals surface area contributed by atoms with Crippen molar-refractivity contribution in [2.45, 2.75) is 12.8 Å². The molecule has 232 valence electrons. The van der Waals surface area contributed by atoms with Gasteiger partial charge in [0.2, 0.25) is 0 Å². The molecule has 2 aromatic heterocycles. The van der Waals surface area contributed by atoms with Crippen molar-refractivity contribution in [2.75, 3.05) is 0 Å². The average Bonchev–Trinajstić information content (AvgIpc) is 3.58. The van der Waals surface area contributed by atoms with Crippen molar-refractivity contribution in [3.05, 3.63) is 170 Å². The summed E-state index contributed by atoms with van der Waals surface area (Å²) < 4.78 is 6.71. The van der Waals surface area contributed by atoms with Crippen LogP contribution in [-0.4, -0.2) is 15.0 Å². The maximum atomic E-state index is 6.71. The Morgan fingerprint density at radius 1 is 0.449 bits per heavy atom. The standard InChI is InChI=1S/C45H31N3O/c1-5-14-30(15-6-1)32-24-26-35(27-25-32)44-46-43(34-20-11-4-12-21-34)47-45(48-44)37-22-13-23-40-41(37)39-29-36(31-16-7-2-8-17-31)28-38(42(39)49-40)33-18-9-3-10-19-33/h1-3,5-11,13-29H,4,12H2. The Kier molecular flexibility index (Phi) is 7.25. The van der Waals surface area contributed by atoms with E-state index < -0.39 is 0 Å². The summed E-state index contributed by atoms with van der Waals surface area (Å²) in [5, 5.41) is 2.02. The van der Waals surface area contributed by atoms with Crippen LogP contribution in [0.3, 0.4) is 0 Å². The van der Waals surface area contributed by atoms with Crippen molar-refractivity contribution >= 4 is 27.5 Å². The average molecular weight is 630 g/mol. The lowest BCUT2D eigenvalue weighted by Gasteiger charge is -2.12. The minimum absolute atomic E-state index is 0.617. The Morgan fingerprint density at radius 3 is 1.76 bits per heavy atom. The largest absolute Gasteiger partial charge is 0.455 e. The first-order valence-electron chi connectivity index (χ1n) is 16.7. The molecule has 4 heteroatoms. The summed E-state index contributed by atoms with van der Waals surface area (Å²) >= 11 is 0. The fourth-order valence-corrected chi connectivity index (χ4v) is 6.72. The number of furan rings is 1. The molecule has 0 saturated carbocycles. The highest BCUT2D eigenvalue weighted by molar-refractivity contribution is 6.16. The van der Waals surface area contributed by atoms with Gasteiger partial charge >= 0.3 is 0 Å². The summed E-state index contributed by atoms with van der Waals surface area (Å²) in [4.78, 5) is 15.3. The van der Waals surface area contributed by atoms with E-state index in [1.807, 2.05) is 30.3 Å². The van der Waals surface area contributed by atoms with Gasteiger partial charge in [-0.2, -0.15) is 0 Å². The van der Waals surface area contributed by atoms with Crippen LogP contribution >= 0.6 is 0 Å². The third kappa shape index (κ3) is 5.43. The molecule has 0 amide bonds. The van der Waals surface area contributed by atoms with Gasteiger partial charge in [-0.25, -0.2) is 15.0 Å². The van der Waals surface area contributed by atoms with Crippen molar-refractivity contribution in [1.82, 2.24) is 15.0 Å². The lowest BCUT2D eigenvalue weighted by Crippen LogP contribution is -2.03. The van der Waals surface area contributed by atoms with Crippen LogP contribution in [0.1, 0.15) is 18.7 Å². The molecule has 49 heavy (non-hydrogen) atoms. The molecule has 1 aliphatic carbocycles. The molecule has 0 bridgehead atoms. The van der Waals surface area contributed by atoms with Crippen LogP contribution in [0.2, 0.25) is 0 Å². The topological polar surface area (TPSA) is 51.8 Å². The molecule has 8 aromatic rings. The summed E-state index contributed by atoms with van der Waals surface area (Å²) in [6.07, 6.45) is 8.50. The van der Waals surface area contributed by atoms with Crippen LogP contribution in [0.5, 0.6) is 0 Å². The van der Waals surface area contributed by atoms with Gasteiger partial charge in [0.1, 0.15) is 11.2 Å². The second-order valence-electron chi connectivity index (χ2n) is 12.3. The van der Waals surface area contributed by atoms with Crippen LogP contribution in [0, 0.1) is 0 Å². The predicted octanol–water partition coefficient (Wildman–Crippen LogP) is 11.8. The fourth-order valence-electron chi connectivity index (χ4n) is 6.72. The third-order valence-electron chi connectivity index (χ3n) is 9.17.